The molecule has 0 aliphatic heterocycles. The zero-order chi connectivity index (χ0) is 31.1. The average Bonchev–Trinajstić information content (AvgIpc) is 3.52. The average molecular weight is 616 g/mol. The Kier molecular flexibility index (Phi) is 11.9. The molecule has 228 valence electrons. The molecule has 1 atom stereocenters. The van der Waals surface area contributed by atoms with E-state index in [1.165, 1.54) is 11.8 Å². The van der Waals surface area contributed by atoms with Gasteiger partial charge in [-0.05, 0) is 55.7 Å². The number of carbonyl (C=O) groups excluding carboxylic acids is 3. The summed E-state index contributed by atoms with van der Waals surface area (Å²) in [4.78, 5) is 55.2. The highest BCUT2D eigenvalue weighted by Crippen LogP contribution is 2.14. The SMILES string of the molecule is COC(=O)CNC(=O)[C@H](CCCCNC(=S)Cc1nccc(-c2ccccn2)n1)NC(=O)Cn1ccc(-c2ccccn2)n1. The summed E-state index contributed by atoms with van der Waals surface area (Å²) in [6.07, 6.45) is 8.73. The zero-order valence-corrected chi connectivity index (χ0v) is 25.0. The van der Waals surface area contributed by atoms with Crippen LogP contribution in [0.5, 0.6) is 0 Å². The summed E-state index contributed by atoms with van der Waals surface area (Å²) in [5.74, 6) is -0.882. The van der Waals surface area contributed by atoms with Crippen LogP contribution in [-0.2, 0) is 32.1 Å². The van der Waals surface area contributed by atoms with Crippen molar-refractivity contribution in [2.75, 3.05) is 20.2 Å². The van der Waals surface area contributed by atoms with Gasteiger partial charge in [-0.25, -0.2) is 9.97 Å². The lowest BCUT2D eigenvalue weighted by atomic mass is 10.1. The number of pyridine rings is 2. The molecule has 2 amide bonds. The van der Waals surface area contributed by atoms with Crippen molar-refractivity contribution in [1.29, 1.82) is 0 Å². The number of esters is 1. The molecule has 0 spiro atoms. The smallest absolute Gasteiger partial charge is 0.325 e. The molecule has 14 heteroatoms. The van der Waals surface area contributed by atoms with Crippen molar-refractivity contribution in [3.8, 4) is 22.8 Å². The molecular formula is C30H33N9O4S. The first kappa shape index (κ1) is 31.8. The fraction of sp³-hybridized carbons (Fsp3) is 0.300. The van der Waals surface area contributed by atoms with Gasteiger partial charge in [0.25, 0.3) is 0 Å². The molecule has 0 unspecified atom stereocenters. The standard InChI is InChI=1S/C30H33N9O4S/c1-43-29(41)19-35-30(42)25(37-27(40)20-39-17-12-24(38-39)22-9-3-6-14-32-22)10-4-7-15-34-28(44)18-26-33-16-11-23(36-26)21-8-2-5-13-31-21/h2-3,5-6,8-9,11-14,16-17,25H,4,7,10,15,18-20H2,1H3,(H,34,44)(H,35,42)(H,37,40)/t25-/m0/s1. The number of thiocarbonyl (C=S) groups is 1. The third-order valence-electron chi connectivity index (χ3n) is 6.35. The van der Waals surface area contributed by atoms with E-state index in [-0.39, 0.29) is 13.1 Å². The predicted molar refractivity (Wildman–Crippen MR) is 166 cm³/mol. The van der Waals surface area contributed by atoms with Crippen molar-refractivity contribution in [1.82, 2.24) is 45.7 Å². The van der Waals surface area contributed by atoms with E-state index in [1.807, 2.05) is 36.4 Å². The summed E-state index contributed by atoms with van der Waals surface area (Å²) in [7, 11) is 1.23. The monoisotopic (exact) mass is 615 g/mol. The van der Waals surface area contributed by atoms with Crippen LogP contribution in [0.4, 0.5) is 0 Å². The molecule has 3 N–H and O–H groups in total. The lowest BCUT2D eigenvalue weighted by Gasteiger charge is -2.18. The van der Waals surface area contributed by atoms with E-state index in [4.69, 9.17) is 12.2 Å². The summed E-state index contributed by atoms with van der Waals surface area (Å²) in [6, 6.07) is 13.8. The first-order chi connectivity index (χ1) is 21.4. The van der Waals surface area contributed by atoms with Crippen molar-refractivity contribution in [3.05, 3.63) is 79.1 Å². The van der Waals surface area contributed by atoms with Gasteiger partial charge in [0, 0.05) is 31.3 Å². The number of nitrogens with zero attached hydrogens (tertiary/aromatic N) is 6. The Balaban J connectivity index is 1.25. The number of nitrogens with one attached hydrogen (secondary N) is 3. The van der Waals surface area contributed by atoms with Gasteiger partial charge >= 0.3 is 5.97 Å². The van der Waals surface area contributed by atoms with E-state index in [0.29, 0.717) is 54.4 Å². The van der Waals surface area contributed by atoms with Crippen LogP contribution in [0.2, 0.25) is 0 Å². The van der Waals surface area contributed by atoms with Crippen LogP contribution in [0.3, 0.4) is 0 Å². The number of hydrogen-bond acceptors (Lipinski definition) is 10. The summed E-state index contributed by atoms with van der Waals surface area (Å²) in [5.41, 5.74) is 2.79. The van der Waals surface area contributed by atoms with Crippen molar-refractivity contribution in [2.45, 2.75) is 38.3 Å². The molecule has 44 heavy (non-hydrogen) atoms. The lowest BCUT2D eigenvalue weighted by molar-refractivity contribution is -0.141. The predicted octanol–water partition coefficient (Wildman–Crippen LogP) is 1.90. The Morgan fingerprint density at radius 3 is 2.34 bits per heavy atom. The van der Waals surface area contributed by atoms with Crippen molar-refractivity contribution in [3.63, 3.8) is 0 Å². The van der Waals surface area contributed by atoms with Gasteiger partial charge in [-0.2, -0.15) is 5.10 Å². The Morgan fingerprint density at radius 1 is 0.886 bits per heavy atom. The molecule has 0 fully saturated rings. The Morgan fingerprint density at radius 2 is 1.64 bits per heavy atom. The molecule has 13 nitrogen and oxygen atoms in total. The van der Waals surface area contributed by atoms with Gasteiger partial charge in [0.15, 0.2) is 0 Å². The van der Waals surface area contributed by atoms with Crippen LogP contribution in [0.25, 0.3) is 22.8 Å². The normalized spacial score (nSPS) is 11.3. The topological polar surface area (TPSA) is 166 Å². The molecule has 0 aromatic carbocycles. The largest absolute Gasteiger partial charge is 0.468 e. The Labute approximate surface area is 259 Å². The number of hydrogen-bond donors (Lipinski definition) is 3. The number of aromatic nitrogens is 6. The van der Waals surface area contributed by atoms with Gasteiger partial charge in [0.1, 0.15) is 30.6 Å². The van der Waals surface area contributed by atoms with Crippen LogP contribution < -0.4 is 16.0 Å². The van der Waals surface area contributed by atoms with Crippen LogP contribution in [-0.4, -0.2) is 78.7 Å². The summed E-state index contributed by atoms with van der Waals surface area (Å²) in [5, 5.41) is 12.9. The molecule has 0 saturated carbocycles. The minimum atomic E-state index is -0.854. The highest BCUT2D eigenvalue weighted by Gasteiger charge is 2.21. The van der Waals surface area contributed by atoms with Gasteiger partial charge < -0.3 is 20.7 Å². The van der Waals surface area contributed by atoms with Crippen molar-refractivity contribution < 1.29 is 19.1 Å². The minimum absolute atomic E-state index is 0.0902. The summed E-state index contributed by atoms with van der Waals surface area (Å²) < 4.78 is 6.07. The maximum atomic E-state index is 12.8. The first-order valence-corrected chi connectivity index (χ1v) is 14.4. The van der Waals surface area contributed by atoms with Gasteiger partial charge in [0.05, 0.1) is 35.6 Å². The van der Waals surface area contributed by atoms with Crippen molar-refractivity contribution >= 4 is 35.0 Å². The van der Waals surface area contributed by atoms with Crippen LogP contribution >= 0.6 is 12.2 Å². The number of ether oxygens (including phenoxy) is 1. The van der Waals surface area contributed by atoms with E-state index >= 15 is 0 Å². The van der Waals surface area contributed by atoms with E-state index < -0.39 is 23.8 Å². The maximum absolute atomic E-state index is 12.8. The molecule has 4 aromatic rings. The molecular weight excluding hydrogens is 582 g/mol. The second kappa shape index (κ2) is 16.5. The second-order valence-electron chi connectivity index (χ2n) is 9.62. The Bertz CT molecular complexity index is 1550. The van der Waals surface area contributed by atoms with Gasteiger partial charge in [-0.1, -0.05) is 24.4 Å². The minimum Gasteiger partial charge on any atom is -0.468 e. The quantitative estimate of drug-likeness (QED) is 0.102. The maximum Gasteiger partial charge on any atom is 0.325 e. The molecule has 0 aliphatic carbocycles. The number of carbonyl (C=O) groups is 3. The van der Waals surface area contributed by atoms with E-state index in [1.54, 1.807) is 36.9 Å². The highest BCUT2D eigenvalue weighted by atomic mass is 32.1. The van der Waals surface area contributed by atoms with E-state index in [0.717, 1.165) is 11.4 Å². The van der Waals surface area contributed by atoms with E-state index in [9.17, 15) is 14.4 Å². The van der Waals surface area contributed by atoms with Crippen LogP contribution in [0.15, 0.2) is 73.3 Å². The molecule has 0 radical (unpaired) electrons. The molecule has 0 saturated heterocycles. The lowest BCUT2D eigenvalue weighted by Crippen LogP contribution is -2.48. The summed E-state index contributed by atoms with van der Waals surface area (Å²) >= 11 is 5.48. The van der Waals surface area contributed by atoms with Crippen LogP contribution in [0, 0.1) is 0 Å². The Hall–Kier alpha value is -5.11. The number of methoxy groups -OCH3 is 1. The molecule has 4 rings (SSSR count). The number of amides is 2. The van der Waals surface area contributed by atoms with Crippen molar-refractivity contribution in [2.24, 2.45) is 0 Å². The second-order valence-corrected chi connectivity index (χ2v) is 10.1. The van der Waals surface area contributed by atoms with Gasteiger partial charge in [-0.3, -0.25) is 29.0 Å². The molecule has 4 heterocycles. The first-order valence-electron chi connectivity index (χ1n) is 14.0. The van der Waals surface area contributed by atoms with E-state index in [2.05, 4.69) is 45.7 Å². The van der Waals surface area contributed by atoms with Gasteiger partial charge in [-0.15, -0.1) is 0 Å². The zero-order valence-electron chi connectivity index (χ0n) is 24.2. The highest BCUT2D eigenvalue weighted by molar-refractivity contribution is 7.80. The molecule has 0 bridgehead atoms. The summed E-state index contributed by atoms with van der Waals surface area (Å²) in [6.45, 7) is 0.174. The number of rotatable bonds is 15. The fourth-order valence-corrected chi connectivity index (χ4v) is 4.39. The third kappa shape index (κ3) is 10.0. The molecule has 0 aliphatic rings. The molecule has 4 aromatic heterocycles. The fourth-order valence-electron chi connectivity index (χ4n) is 4.16. The number of unbranched alkanes of at least 4 members (excludes halogenated alkanes) is 1. The van der Waals surface area contributed by atoms with Crippen LogP contribution in [0.1, 0.15) is 25.1 Å². The van der Waals surface area contributed by atoms with Gasteiger partial charge in [0.2, 0.25) is 11.8 Å². The third-order valence-corrected chi connectivity index (χ3v) is 6.64.